The maximum atomic E-state index is 6.02. The number of hydrogen-bond donors (Lipinski definition) is 3. The van der Waals surface area contributed by atoms with Crippen LogP contribution in [0.5, 0.6) is 0 Å². The Balaban J connectivity index is 1.67. The quantitative estimate of drug-likeness (QED) is 0.574. The molecule has 0 spiro atoms. The van der Waals surface area contributed by atoms with Crippen LogP contribution in [-0.2, 0) is 0 Å². The van der Waals surface area contributed by atoms with Gasteiger partial charge >= 0.3 is 0 Å². The van der Waals surface area contributed by atoms with Crippen LogP contribution in [0.15, 0.2) is 0 Å². The Hall–Kier alpha value is -0.120. The topological polar surface area (TPSA) is 50.1 Å². The molecule has 3 heteroatoms. The lowest BCUT2D eigenvalue weighted by molar-refractivity contribution is 0.339. The second-order valence-electron chi connectivity index (χ2n) is 4.64. The first kappa shape index (κ1) is 9.44. The van der Waals surface area contributed by atoms with E-state index >= 15 is 0 Å². The zero-order valence-electron chi connectivity index (χ0n) is 8.42. The van der Waals surface area contributed by atoms with Crippen LogP contribution in [0.2, 0.25) is 0 Å². The van der Waals surface area contributed by atoms with E-state index in [1.54, 1.807) is 0 Å². The Morgan fingerprint density at radius 2 is 2.31 bits per heavy atom. The van der Waals surface area contributed by atoms with Crippen LogP contribution in [-0.4, -0.2) is 31.7 Å². The molecule has 1 aliphatic carbocycles. The monoisotopic (exact) mass is 183 g/mol. The Morgan fingerprint density at radius 1 is 1.54 bits per heavy atom. The Bertz CT molecular complexity index is 172. The van der Waals surface area contributed by atoms with Gasteiger partial charge in [0.15, 0.2) is 0 Å². The molecule has 2 fully saturated rings. The summed E-state index contributed by atoms with van der Waals surface area (Å²) in [7, 11) is 0. The predicted octanol–water partition coefficient (Wildman–Crippen LogP) is -0.0788. The fourth-order valence-corrected chi connectivity index (χ4v) is 2.09. The lowest BCUT2D eigenvalue weighted by atomic mass is 10.0. The summed E-state index contributed by atoms with van der Waals surface area (Å²) in [5, 5.41) is 6.95. The van der Waals surface area contributed by atoms with Crippen molar-refractivity contribution in [1.29, 1.82) is 0 Å². The maximum absolute atomic E-state index is 6.02. The largest absolute Gasteiger partial charge is 0.326 e. The number of hydrogen-bond acceptors (Lipinski definition) is 3. The number of rotatable bonds is 3. The van der Waals surface area contributed by atoms with Gasteiger partial charge < -0.3 is 16.4 Å². The average molecular weight is 183 g/mol. The van der Waals surface area contributed by atoms with Crippen LogP contribution in [0.25, 0.3) is 0 Å². The Morgan fingerprint density at radius 3 is 2.92 bits per heavy atom. The lowest BCUT2D eigenvalue weighted by Crippen LogP contribution is -2.56. The third kappa shape index (κ3) is 2.42. The van der Waals surface area contributed by atoms with Gasteiger partial charge in [-0.3, -0.25) is 0 Å². The standard InChI is InChI=1S/C10H21N3/c1-7-4-8(7)5-13-10-6-12-3-2-9(10)11/h7-10,12-13H,2-6,11H2,1H3. The first-order chi connectivity index (χ1) is 6.27. The summed E-state index contributed by atoms with van der Waals surface area (Å²) in [5.41, 5.74) is 6.02. The van der Waals surface area contributed by atoms with Gasteiger partial charge in [-0.1, -0.05) is 6.92 Å². The van der Waals surface area contributed by atoms with E-state index < -0.39 is 0 Å². The normalized spacial score (nSPS) is 44.8. The first-order valence-corrected chi connectivity index (χ1v) is 5.47. The minimum Gasteiger partial charge on any atom is -0.326 e. The molecule has 76 valence electrons. The minimum atomic E-state index is 0.357. The van der Waals surface area contributed by atoms with Crippen LogP contribution >= 0.6 is 0 Å². The van der Waals surface area contributed by atoms with Crippen molar-refractivity contribution in [2.24, 2.45) is 17.6 Å². The smallest absolute Gasteiger partial charge is 0.0344 e. The molecule has 1 heterocycles. The van der Waals surface area contributed by atoms with E-state index in [4.69, 9.17) is 5.73 Å². The molecule has 4 atom stereocenters. The van der Waals surface area contributed by atoms with Gasteiger partial charge in [0, 0.05) is 18.6 Å². The van der Waals surface area contributed by atoms with Crippen molar-refractivity contribution < 1.29 is 0 Å². The summed E-state index contributed by atoms with van der Waals surface area (Å²) >= 11 is 0. The van der Waals surface area contributed by atoms with Gasteiger partial charge in [-0.25, -0.2) is 0 Å². The zero-order chi connectivity index (χ0) is 9.26. The summed E-state index contributed by atoms with van der Waals surface area (Å²) < 4.78 is 0. The van der Waals surface area contributed by atoms with Gasteiger partial charge in [0.25, 0.3) is 0 Å². The van der Waals surface area contributed by atoms with Crippen LogP contribution in [0.1, 0.15) is 19.8 Å². The van der Waals surface area contributed by atoms with Crippen molar-refractivity contribution in [3.05, 3.63) is 0 Å². The van der Waals surface area contributed by atoms with E-state index in [2.05, 4.69) is 17.6 Å². The summed E-state index contributed by atoms with van der Waals surface area (Å²) in [4.78, 5) is 0. The Labute approximate surface area is 80.5 Å². The molecule has 4 unspecified atom stereocenters. The molecule has 1 saturated carbocycles. The molecular formula is C10H21N3. The van der Waals surface area contributed by atoms with E-state index in [0.29, 0.717) is 12.1 Å². The molecule has 3 nitrogen and oxygen atoms in total. The maximum Gasteiger partial charge on any atom is 0.0344 e. The number of nitrogens with one attached hydrogen (secondary N) is 2. The van der Waals surface area contributed by atoms with Crippen molar-refractivity contribution in [2.75, 3.05) is 19.6 Å². The molecule has 1 saturated heterocycles. The summed E-state index contributed by atoms with van der Waals surface area (Å²) in [6, 6.07) is 0.858. The zero-order valence-corrected chi connectivity index (χ0v) is 8.42. The van der Waals surface area contributed by atoms with Gasteiger partial charge in [-0.15, -0.1) is 0 Å². The molecule has 4 N–H and O–H groups in total. The van der Waals surface area contributed by atoms with E-state index in [9.17, 15) is 0 Å². The molecule has 0 radical (unpaired) electrons. The molecule has 2 rings (SSSR count). The van der Waals surface area contributed by atoms with E-state index in [1.807, 2.05) is 0 Å². The van der Waals surface area contributed by atoms with Gasteiger partial charge in [0.1, 0.15) is 0 Å². The van der Waals surface area contributed by atoms with Gasteiger partial charge in [0.05, 0.1) is 0 Å². The van der Waals surface area contributed by atoms with Crippen molar-refractivity contribution in [1.82, 2.24) is 10.6 Å². The van der Waals surface area contributed by atoms with Crippen molar-refractivity contribution in [3.63, 3.8) is 0 Å². The van der Waals surface area contributed by atoms with Crippen molar-refractivity contribution in [2.45, 2.75) is 31.8 Å². The van der Waals surface area contributed by atoms with Crippen molar-refractivity contribution >= 4 is 0 Å². The predicted molar refractivity (Wildman–Crippen MR) is 54.5 cm³/mol. The van der Waals surface area contributed by atoms with Crippen LogP contribution in [0, 0.1) is 11.8 Å². The molecule has 1 aliphatic heterocycles. The second kappa shape index (κ2) is 3.95. The fourth-order valence-electron chi connectivity index (χ4n) is 2.09. The third-order valence-corrected chi connectivity index (χ3v) is 3.45. The minimum absolute atomic E-state index is 0.357. The molecule has 0 bridgehead atoms. The molecular weight excluding hydrogens is 162 g/mol. The van der Waals surface area contributed by atoms with E-state index in [1.165, 1.54) is 13.0 Å². The van der Waals surface area contributed by atoms with Gasteiger partial charge in [-0.2, -0.15) is 0 Å². The van der Waals surface area contributed by atoms with Crippen LogP contribution in [0.3, 0.4) is 0 Å². The molecule has 2 aliphatic rings. The fraction of sp³-hybridized carbons (Fsp3) is 1.00. The second-order valence-corrected chi connectivity index (χ2v) is 4.64. The van der Waals surface area contributed by atoms with E-state index in [0.717, 1.165) is 31.3 Å². The molecule has 0 aromatic rings. The average Bonchev–Trinajstić information content (AvgIpc) is 2.81. The highest BCUT2D eigenvalue weighted by Crippen LogP contribution is 2.36. The highest BCUT2D eigenvalue weighted by atomic mass is 15.0. The van der Waals surface area contributed by atoms with Crippen LogP contribution < -0.4 is 16.4 Å². The highest BCUT2D eigenvalue weighted by Gasteiger charge is 2.33. The van der Waals surface area contributed by atoms with Crippen molar-refractivity contribution in [3.8, 4) is 0 Å². The SMILES string of the molecule is CC1CC1CNC1CNCCC1N. The molecule has 0 aromatic heterocycles. The van der Waals surface area contributed by atoms with E-state index in [-0.39, 0.29) is 0 Å². The lowest BCUT2D eigenvalue weighted by Gasteiger charge is -2.30. The summed E-state index contributed by atoms with van der Waals surface area (Å²) in [6.45, 7) is 5.62. The summed E-state index contributed by atoms with van der Waals surface area (Å²) in [6.07, 6.45) is 2.51. The first-order valence-electron chi connectivity index (χ1n) is 5.47. The number of nitrogens with two attached hydrogens (primary N) is 1. The molecule has 13 heavy (non-hydrogen) atoms. The molecule has 0 aromatic carbocycles. The van der Waals surface area contributed by atoms with Crippen LogP contribution in [0.4, 0.5) is 0 Å². The summed E-state index contributed by atoms with van der Waals surface area (Å²) in [5.74, 6) is 1.87. The third-order valence-electron chi connectivity index (χ3n) is 3.45. The molecule has 0 amide bonds. The Kier molecular flexibility index (Phi) is 2.86. The number of piperidine rings is 1. The van der Waals surface area contributed by atoms with Gasteiger partial charge in [-0.05, 0) is 37.8 Å². The van der Waals surface area contributed by atoms with Gasteiger partial charge in [0.2, 0.25) is 0 Å². The highest BCUT2D eigenvalue weighted by molar-refractivity contribution is 4.90.